The maximum Gasteiger partial charge on any atom is 0.339 e. The van der Waals surface area contributed by atoms with Gasteiger partial charge in [0, 0.05) is 67.3 Å². The van der Waals surface area contributed by atoms with Crippen molar-refractivity contribution in [3.63, 3.8) is 0 Å². The number of benzene rings is 1. The topological polar surface area (TPSA) is 77.7 Å². The zero-order valence-electron chi connectivity index (χ0n) is 22.3. The molecule has 4 heterocycles. The summed E-state index contributed by atoms with van der Waals surface area (Å²) in [6.07, 6.45) is 2.48. The Morgan fingerprint density at radius 3 is 2.52 bits per heavy atom. The Morgan fingerprint density at radius 1 is 1.10 bits per heavy atom. The van der Waals surface area contributed by atoms with Crippen molar-refractivity contribution in [3.05, 3.63) is 59.0 Å². The number of piperazine rings is 1. The lowest BCUT2D eigenvalue weighted by Gasteiger charge is -2.36. The highest BCUT2D eigenvalue weighted by molar-refractivity contribution is 6.31. The summed E-state index contributed by atoms with van der Waals surface area (Å²) in [5, 5.41) is 14.0. The van der Waals surface area contributed by atoms with Crippen LogP contribution in [-0.4, -0.2) is 76.6 Å². The summed E-state index contributed by atoms with van der Waals surface area (Å²) in [6.45, 7) is 8.42. The first-order chi connectivity index (χ1) is 18.9. The number of carbonyl (C=O) groups is 1. The second kappa shape index (κ2) is 13.1. The standard InChI is InChI=1S/C28H33ClF2N6O2.ClH/c1-2-9-34-11-13-35(14-12-34)25-8-5-19(16-32-25)22-7-6-20(29)15-24(22)36-10-3-4-21(18-36)37-26(27(30)31)23(17-33-37)28(38)39;/h5-8,15-17,21,27H,2-4,9-14,18H2,1H3,(H,38,39);1H. The maximum absolute atomic E-state index is 13.8. The molecule has 0 radical (unpaired) electrons. The smallest absolute Gasteiger partial charge is 0.339 e. The predicted molar refractivity (Wildman–Crippen MR) is 156 cm³/mol. The van der Waals surface area contributed by atoms with E-state index in [2.05, 4.69) is 32.8 Å². The van der Waals surface area contributed by atoms with E-state index in [0.29, 0.717) is 24.5 Å². The fourth-order valence-corrected chi connectivity index (χ4v) is 5.84. The summed E-state index contributed by atoms with van der Waals surface area (Å²) in [4.78, 5) is 23.2. The number of hydrogen-bond donors (Lipinski definition) is 1. The lowest BCUT2D eigenvalue weighted by Crippen LogP contribution is -2.46. The van der Waals surface area contributed by atoms with Crippen molar-refractivity contribution in [1.82, 2.24) is 19.7 Å². The van der Waals surface area contributed by atoms with Crippen molar-refractivity contribution in [2.45, 2.75) is 38.7 Å². The third-order valence-corrected chi connectivity index (χ3v) is 7.84. The molecule has 8 nitrogen and oxygen atoms in total. The summed E-state index contributed by atoms with van der Waals surface area (Å²) in [7, 11) is 0. The van der Waals surface area contributed by atoms with Crippen molar-refractivity contribution in [2.24, 2.45) is 0 Å². The van der Waals surface area contributed by atoms with E-state index in [1.165, 1.54) is 4.68 Å². The summed E-state index contributed by atoms with van der Waals surface area (Å²) in [5.41, 5.74) is 1.78. The molecule has 1 aromatic carbocycles. The Hall–Kier alpha value is -2.95. The van der Waals surface area contributed by atoms with Crippen molar-refractivity contribution < 1.29 is 18.7 Å². The summed E-state index contributed by atoms with van der Waals surface area (Å²) in [5.74, 6) is -0.448. The molecule has 2 aliphatic rings. The molecule has 5 rings (SSSR count). The lowest BCUT2D eigenvalue weighted by molar-refractivity contribution is 0.0681. The van der Waals surface area contributed by atoms with E-state index < -0.39 is 29.7 Å². The van der Waals surface area contributed by atoms with E-state index in [4.69, 9.17) is 16.6 Å². The minimum Gasteiger partial charge on any atom is -0.478 e. The van der Waals surface area contributed by atoms with Crippen LogP contribution in [0.3, 0.4) is 0 Å². The number of alkyl halides is 2. The van der Waals surface area contributed by atoms with Gasteiger partial charge in [-0.1, -0.05) is 24.6 Å². The van der Waals surface area contributed by atoms with Crippen LogP contribution < -0.4 is 9.80 Å². The van der Waals surface area contributed by atoms with Gasteiger partial charge in [0.25, 0.3) is 6.43 Å². The first-order valence-electron chi connectivity index (χ1n) is 13.4. The Bertz CT molecular complexity index is 1300. The molecule has 1 unspecified atom stereocenters. The van der Waals surface area contributed by atoms with Crippen LogP contribution >= 0.6 is 24.0 Å². The molecule has 1 N–H and O–H groups in total. The molecule has 2 aliphatic heterocycles. The highest BCUT2D eigenvalue weighted by Gasteiger charge is 2.31. The zero-order valence-corrected chi connectivity index (χ0v) is 23.9. The van der Waals surface area contributed by atoms with Crippen LogP contribution in [0, 0.1) is 0 Å². The van der Waals surface area contributed by atoms with Crippen molar-refractivity contribution >= 4 is 41.5 Å². The minimum absolute atomic E-state index is 0. The molecule has 40 heavy (non-hydrogen) atoms. The molecule has 0 spiro atoms. The van der Waals surface area contributed by atoms with Gasteiger partial charge in [-0.05, 0) is 50.1 Å². The average Bonchev–Trinajstić information content (AvgIpc) is 3.40. The third kappa shape index (κ3) is 6.34. The molecule has 12 heteroatoms. The van der Waals surface area contributed by atoms with E-state index in [9.17, 15) is 18.7 Å². The van der Waals surface area contributed by atoms with Gasteiger partial charge in [0.05, 0.1) is 12.2 Å². The van der Waals surface area contributed by atoms with Crippen molar-refractivity contribution in [2.75, 3.05) is 55.6 Å². The molecule has 216 valence electrons. The normalized spacial score (nSPS) is 18.2. The summed E-state index contributed by atoms with van der Waals surface area (Å²) < 4.78 is 28.9. The maximum atomic E-state index is 13.8. The van der Waals surface area contributed by atoms with Crippen molar-refractivity contribution in [1.29, 1.82) is 0 Å². The number of carboxylic acid groups (broad SMARTS) is 1. The van der Waals surface area contributed by atoms with E-state index in [-0.39, 0.29) is 12.4 Å². The Kier molecular flexibility index (Phi) is 9.86. The van der Waals surface area contributed by atoms with Gasteiger partial charge in [-0.3, -0.25) is 9.58 Å². The fourth-order valence-electron chi connectivity index (χ4n) is 5.68. The largest absolute Gasteiger partial charge is 0.478 e. The molecule has 1 atom stereocenters. The quantitative estimate of drug-likeness (QED) is 0.341. The van der Waals surface area contributed by atoms with Gasteiger partial charge in [-0.2, -0.15) is 5.10 Å². The highest BCUT2D eigenvalue weighted by Crippen LogP contribution is 2.37. The number of pyridine rings is 1. The number of piperidine rings is 1. The number of rotatable bonds is 8. The fraction of sp³-hybridized carbons (Fsp3) is 0.464. The van der Waals surface area contributed by atoms with Gasteiger partial charge in [-0.15, -0.1) is 12.4 Å². The second-order valence-electron chi connectivity index (χ2n) is 10.1. The van der Waals surface area contributed by atoms with Gasteiger partial charge >= 0.3 is 5.97 Å². The van der Waals surface area contributed by atoms with Gasteiger partial charge in [0.15, 0.2) is 0 Å². The van der Waals surface area contributed by atoms with Crippen LogP contribution in [-0.2, 0) is 0 Å². The van der Waals surface area contributed by atoms with Crippen LogP contribution in [0.4, 0.5) is 20.3 Å². The van der Waals surface area contributed by atoms with Gasteiger partial charge in [0.2, 0.25) is 0 Å². The average molecular weight is 596 g/mol. The predicted octanol–water partition coefficient (Wildman–Crippen LogP) is 6.03. The van der Waals surface area contributed by atoms with E-state index >= 15 is 0 Å². The molecule has 0 amide bonds. The molecular weight excluding hydrogens is 561 g/mol. The Morgan fingerprint density at radius 2 is 1.88 bits per heavy atom. The van der Waals surface area contributed by atoms with Crippen molar-refractivity contribution in [3.8, 4) is 11.1 Å². The van der Waals surface area contributed by atoms with Gasteiger partial charge in [-0.25, -0.2) is 18.6 Å². The molecule has 2 aromatic heterocycles. The SMILES string of the molecule is CCCN1CCN(c2ccc(-c3ccc(Cl)cc3N3CCCC(n4ncc(C(=O)O)c4C(F)F)C3)cn2)CC1.Cl. The Balaban J connectivity index is 0.00000370. The number of hydrogen-bond acceptors (Lipinski definition) is 6. The van der Waals surface area contributed by atoms with Crippen LogP contribution in [0.25, 0.3) is 11.1 Å². The first kappa shape index (κ1) is 30.0. The number of carboxylic acids is 1. The van der Waals surface area contributed by atoms with E-state index in [0.717, 1.165) is 74.4 Å². The first-order valence-corrected chi connectivity index (χ1v) is 13.8. The molecular formula is C28H34Cl2F2N6O2. The second-order valence-corrected chi connectivity index (χ2v) is 10.6. The third-order valence-electron chi connectivity index (χ3n) is 7.61. The van der Waals surface area contributed by atoms with E-state index in [1.807, 2.05) is 30.5 Å². The van der Waals surface area contributed by atoms with Crippen LogP contribution in [0.1, 0.15) is 54.7 Å². The monoisotopic (exact) mass is 594 g/mol. The van der Waals surface area contributed by atoms with Crippen LogP contribution in [0.5, 0.6) is 0 Å². The molecule has 0 saturated carbocycles. The summed E-state index contributed by atoms with van der Waals surface area (Å²) in [6, 6.07) is 9.41. The lowest BCUT2D eigenvalue weighted by atomic mass is 10.00. The zero-order chi connectivity index (χ0) is 27.5. The van der Waals surface area contributed by atoms with Gasteiger partial charge in [0.1, 0.15) is 17.1 Å². The molecule has 0 aliphatic carbocycles. The number of nitrogens with zero attached hydrogens (tertiary/aromatic N) is 6. The highest BCUT2D eigenvalue weighted by atomic mass is 35.5. The molecule has 2 fully saturated rings. The number of aromatic carboxylic acids is 1. The van der Waals surface area contributed by atoms with E-state index in [1.54, 1.807) is 0 Å². The molecule has 3 aromatic rings. The molecule has 2 saturated heterocycles. The van der Waals surface area contributed by atoms with Gasteiger partial charge < -0.3 is 14.9 Å². The minimum atomic E-state index is -2.94. The number of anilines is 2. The Labute approximate surface area is 243 Å². The summed E-state index contributed by atoms with van der Waals surface area (Å²) >= 11 is 6.41. The van der Waals surface area contributed by atoms with Crippen LogP contribution in [0.2, 0.25) is 5.02 Å². The number of aromatic nitrogens is 3. The van der Waals surface area contributed by atoms with Crippen LogP contribution in [0.15, 0.2) is 42.7 Å². The molecule has 0 bridgehead atoms. The number of halogens is 4.